The van der Waals surface area contributed by atoms with Crippen molar-refractivity contribution in [1.29, 1.82) is 0 Å². The highest BCUT2D eigenvalue weighted by Crippen LogP contribution is 2.31. The van der Waals surface area contributed by atoms with Crippen LogP contribution in [-0.4, -0.2) is 38.8 Å². The topological polar surface area (TPSA) is 21.7 Å². The number of benzene rings is 1. The van der Waals surface area contributed by atoms with E-state index in [9.17, 15) is 0 Å². The zero-order chi connectivity index (χ0) is 11.4. The average Bonchev–Trinajstić information content (AvgIpc) is 2.53. The van der Waals surface area contributed by atoms with Gasteiger partial charge in [0.25, 0.3) is 0 Å². The molecular formula is C13H19NO2. The van der Waals surface area contributed by atoms with Crippen LogP contribution < -0.4 is 0 Å². The van der Waals surface area contributed by atoms with Gasteiger partial charge in [-0.05, 0) is 7.05 Å². The lowest BCUT2D eigenvalue weighted by Gasteiger charge is -2.31. The summed E-state index contributed by atoms with van der Waals surface area (Å²) in [5, 5.41) is 0. The van der Waals surface area contributed by atoms with Crippen molar-refractivity contribution in [2.75, 3.05) is 33.9 Å². The third-order valence-electron chi connectivity index (χ3n) is 3.17. The number of methoxy groups -OCH3 is 1. The standard InChI is InChI=1S/C13H19NO2/c1-14-9-8-13(15-2,16-11-10-14)12-6-4-3-5-7-12/h3-7H,8-11H2,1-2H3. The number of hydrogen-bond donors (Lipinski definition) is 0. The van der Waals surface area contributed by atoms with E-state index in [1.54, 1.807) is 7.11 Å². The second-order valence-electron chi connectivity index (χ2n) is 4.22. The fourth-order valence-corrected chi connectivity index (χ4v) is 2.09. The third-order valence-corrected chi connectivity index (χ3v) is 3.17. The predicted octanol–water partition coefficient (Wildman–Crippen LogP) is 1.84. The molecule has 88 valence electrons. The Balaban J connectivity index is 2.25. The maximum atomic E-state index is 5.93. The first-order valence-electron chi connectivity index (χ1n) is 5.70. The van der Waals surface area contributed by atoms with Crippen molar-refractivity contribution >= 4 is 0 Å². The van der Waals surface area contributed by atoms with E-state index in [2.05, 4.69) is 24.1 Å². The Kier molecular flexibility index (Phi) is 3.59. The van der Waals surface area contributed by atoms with E-state index in [-0.39, 0.29) is 0 Å². The summed E-state index contributed by atoms with van der Waals surface area (Å²) in [4.78, 5) is 2.27. The highest BCUT2D eigenvalue weighted by atomic mass is 16.7. The minimum absolute atomic E-state index is 0.563. The number of hydrogen-bond acceptors (Lipinski definition) is 3. The molecule has 0 saturated carbocycles. The number of likely N-dealkylation sites (N-methyl/N-ethyl adjacent to an activating group) is 1. The first-order valence-corrected chi connectivity index (χ1v) is 5.70. The van der Waals surface area contributed by atoms with E-state index >= 15 is 0 Å². The van der Waals surface area contributed by atoms with Crippen LogP contribution in [0.2, 0.25) is 0 Å². The second kappa shape index (κ2) is 4.95. The van der Waals surface area contributed by atoms with E-state index in [0.717, 1.165) is 25.1 Å². The summed E-state index contributed by atoms with van der Waals surface area (Å²) >= 11 is 0. The molecule has 0 radical (unpaired) electrons. The van der Waals surface area contributed by atoms with Gasteiger partial charge in [-0.3, -0.25) is 0 Å². The maximum Gasteiger partial charge on any atom is 0.195 e. The van der Waals surface area contributed by atoms with Crippen LogP contribution >= 0.6 is 0 Å². The molecule has 1 aromatic carbocycles. The van der Waals surface area contributed by atoms with Crippen molar-refractivity contribution in [3.63, 3.8) is 0 Å². The van der Waals surface area contributed by atoms with E-state index in [1.165, 1.54) is 0 Å². The van der Waals surface area contributed by atoms with Crippen molar-refractivity contribution in [2.45, 2.75) is 12.2 Å². The molecule has 1 heterocycles. The Morgan fingerprint density at radius 1 is 1.25 bits per heavy atom. The molecule has 1 aromatic rings. The van der Waals surface area contributed by atoms with Crippen molar-refractivity contribution < 1.29 is 9.47 Å². The molecule has 0 aliphatic carbocycles. The zero-order valence-corrected chi connectivity index (χ0v) is 9.98. The summed E-state index contributed by atoms with van der Waals surface area (Å²) in [6.07, 6.45) is 0.865. The highest BCUT2D eigenvalue weighted by Gasteiger charge is 2.34. The number of nitrogens with zero attached hydrogens (tertiary/aromatic N) is 1. The maximum absolute atomic E-state index is 5.93. The van der Waals surface area contributed by atoms with Gasteiger partial charge < -0.3 is 14.4 Å². The van der Waals surface area contributed by atoms with Gasteiger partial charge >= 0.3 is 0 Å². The molecule has 0 amide bonds. The summed E-state index contributed by atoms with van der Waals surface area (Å²) in [6, 6.07) is 10.2. The van der Waals surface area contributed by atoms with Crippen molar-refractivity contribution in [3.05, 3.63) is 35.9 Å². The summed E-state index contributed by atoms with van der Waals surface area (Å²) in [6.45, 7) is 2.65. The summed E-state index contributed by atoms with van der Waals surface area (Å²) in [7, 11) is 3.83. The average molecular weight is 221 g/mol. The van der Waals surface area contributed by atoms with Crippen LogP contribution in [0.25, 0.3) is 0 Å². The van der Waals surface area contributed by atoms with Gasteiger partial charge in [0.15, 0.2) is 5.79 Å². The predicted molar refractivity (Wildman–Crippen MR) is 63.2 cm³/mol. The smallest absolute Gasteiger partial charge is 0.195 e. The monoisotopic (exact) mass is 221 g/mol. The van der Waals surface area contributed by atoms with Crippen molar-refractivity contribution in [1.82, 2.24) is 4.90 Å². The van der Waals surface area contributed by atoms with Crippen LogP contribution in [0.4, 0.5) is 0 Å². The van der Waals surface area contributed by atoms with Gasteiger partial charge in [-0.2, -0.15) is 0 Å². The molecule has 1 unspecified atom stereocenters. The molecule has 1 aliphatic rings. The molecule has 16 heavy (non-hydrogen) atoms. The van der Waals surface area contributed by atoms with Crippen LogP contribution in [0.5, 0.6) is 0 Å². The molecule has 0 spiro atoms. The van der Waals surface area contributed by atoms with E-state index < -0.39 is 5.79 Å². The van der Waals surface area contributed by atoms with E-state index in [4.69, 9.17) is 9.47 Å². The van der Waals surface area contributed by atoms with E-state index in [0.29, 0.717) is 6.61 Å². The molecule has 1 atom stereocenters. The summed E-state index contributed by atoms with van der Waals surface area (Å²) < 4.78 is 11.6. The molecular weight excluding hydrogens is 202 g/mol. The molecule has 0 N–H and O–H groups in total. The molecule has 2 rings (SSSR count). The third kappa shape index (κ3) is 2.26. The first kappa shape index (κ1) is 11.6. The molecule has 1 aliphatic heterocycles. The second-order valence-corrected chi connectivity index (χ2v) is 4.22. The van der Waals surface area contributed by atoms with Crippen LogP contribution in [0, 0.1) is 0 Å². The Morgan fingerprint density at radius 3 is 2.69 bits per heavy atom. The molecule has 3 heteroatoms. The zero-order valence-electron chi connectivity index (χ0n) is 9.98. The van der Waals surface area contributed by atoms with Crippen LogP contribution in [0.3, 0.4) is 0 Å². The minimum atomic E-state index is -0.563. The van der Waals surface area contributed by atoms with Gasteiger partial charge in [-0.1, -0.05) is 30.3 Å². The Morgan fingerprint density at radius 2 is 2.00 bits per heavy atom. The van der Waals surface area contributed by atoms with Crippen LogP contribution in [-0.2, 0) is 15.3 Å². The molecule has 1 fully saturated rings. The van der Waals surface area contributed by atoms with Gasteiger partial charge in [0.2, 0.25) is 0 Å². The van der Waals surface area contributed by atoms with Crippen molar-refractivity contribution in [3.8, 4) is 0 Å². The normalized spacial score (nSPS) is 27.6. The van der Waals surface area contributed by atoms with Gasteiger partial charge in [0, 0.05) is 32.2 Å². The van der Waals surface area contributed by atoms with Gasteiger partial charge in [0.1, 0.15) is 0 Å². The fraction of sp³-hybridized carbons (Fsp3) is 0.538. The molecule has 0 bridgehead atoms. The lowest BCUT2D eigenvalue weighted by atomic mass is 10.0. The van der Waals surface area contributed by atoms with Gasteiger partial charge in [0.05, 0.1) is 6.61 Å². The van der Waals surface area contributed by atoms with E-state index in [1.807, 2.05) is 18.2 Å². The first-order chi connectivity index (χ1) is 7.77. The summed E-state index contributed by atoms with van der Waals surface area (Å²) in [5.41, 5.74) is 1.10. The Bertz CT molecular complexity index is 328. The Labute approximate surface area is 97.0 Å². The van der Waals surface area contributed by atoms with Gasteiger partial charge in [-0.15, -0.1) is 0 Å². The van der Waals surface area contributed by atoms with Crippen molar-refractivity contribution in [2.24, 2.45) is 0 Å². The summed E-state index contributed by atoms with van der Waals surface area (Å²) in [5.74, 6) is -0.563. The fourth-order valence-electron chi connectivity index (χ4n) is 2.09. The quantitative estimate of drug-likeness (QED) is 0.760. The van der Waals surface area contributed by atoms with Gasteiger partial charge in [-0.25, -0.2) is 0 Å². The molecule has 1 saturated heterocycles. The van der Waals surface area contributed by atoms with Crippen LogP contribution in [0.1, 0.15) is 12.0 Å². The number of ether oxygens (including phenoxy) is 2. The Hall–Kier alpha value is -0.900. The largest absolute Gasteiger partial charge is 0.349 e. The minimum Gasteiger partial charge on any atom is -0.349 e. The SMILES string of the molecule is COC1(c2ccccc2)CCN(C)CCO1. The molecule has 0 aromatic heterocycles. The molecule has 3 nitrogen and oxygen atoms in total. The highest BCUT2D eigenvalue weighted by molar-refractivity contribution is 5.20. The lowest BCUT2D eigenvalue weighted by Crippen LogP contribution is -2.32. The number of rotatable bonds is 2. The van der Waals surface area contributed by atoms with Crippen LogP contribution in [0.15, 0.2) is 30.3 Å². The lowest BCUT2D eigenvalue weighted by molar-refractivity contribution is -0.228.